The third-order valence-electron chi connectivity index (χ3n) is 0.918. The maximum absolute atomic E-state index is 3.86. The van der Waals surface area contributed by atoms with Crippen molar-refractivity contribution < 1.29 is 0 Å². The molecular weight excluding hydrogens is 142 g/mol. The molecule has 0 saturated carbocycles. The number of nitrogens with zero attached hydrogens (tertiary/aromatic N) is 4. The van der Waals surface area contributed by atoms with Crippen LogP contribution < -0.4 is 10.9 Å². The zero-order valence-electron chi connectivity index (χ0n) is 5.94. The molecule has 1 N–H and O–H groups in total. The molecule has 0 aliphatic heterocycles. The van der Waals surface area contributed by atoms with E-state index < -0.39 is 0 Å². The van der Waals surface area contributed by atoms with E-state index in [1.165, 1.54) is 6.20 Å². The van der Waals surface area contributed by atoms with Crippen LogP contribution in [0.25, 0.3) is 0 Å². The van der Waals surface area contributed by atoms with Crippen LogP contribution in [0.1, 0.15) is 0 Å². The average Bonchev–Trinajstić information content (AvgIpc) is 2.07. The average molecular weight is 150 g/mol. The van der Waals surface area contributed by atoms with E-state index in [0.29, 0.717) is 12.4 Å². The quantitative estimate of drug-likeness (QED) is 0.366. The second-order valence-electron chi connectivity index (χ2n) is 1.74. The minimum absolute atomic E-state index is 0.516. The van der Waals surface area contributed by atoms with Crippen molar-refractivity contribution >= 4 is 5.82 Å². The monoisotopic (exact) mass is 150 g/mol. The second-order valence-corrected chi connectivity index (χ2v) is 1.74. The minimum atomic E-state index is 0.516. The highest BCUT2D eigenvalue weighted by Crippen LogP contribution is 1.92. The highest BCUT2D eigenvalue weighted by Gasteiger charge is 1.90. The Morgan fingerprint density at radius 1 is 1.73 bits per heavy atom. The Hall–Kier alpha value is -1.49. The highest BCUT2D eigenvalue weighted by atomic mass is 15.4. The van der Waals surface area contributed by atoms with Gasteiger partial charge in [-0.05, 0) is 5.21 Å². The summed E-state index contributed by atoms with van der Waals surface area (Å²) in [4.78, 5) is 0. The van der Waals surface area contributed by atoms with Crippen molar-refractivity contribution in [1.82, 2.24) is 26.3 Å². The van der Waals surface area contributed by atoms with Gasteiger partial charge in [-0.15, -0.1) is 16.8 Å². The lowest BCUT2D eigenvalue weighted by Gasteiger charge is -1.97. The molecule has 1 rings (SSSR count). The van der Waals surface area contributed by atoms with Gasteiger partial charge in [0.15, 0.2) is 5.82 Å². The van der Waals surface area contributed by atoms with Crippen LogP contribution >= 0.6 is 0 Å². The van der Waals surface area contributed by atoms with Crippen molar-refractivity contribution in [2.75, 3.05) is 6.54 Å². The third kappa shape index (κ3) is 2.72. The Bertz CT molecular complexity index is 209. The van der Waals surface area contributed by atoms with Gasteiger partial charge in [0.05, 0.1) is 6.20 Å². The number of hydrogen-bond acceptors (Lipinski definition) is 4. The van der Waals surface area contributed by atoms with Gasteiger partial charge >= 0.3 is 0 Å². The van der Waals surface area contributed by atoms with Crippen LogP contribution in [0.2, 0.25) is 0 Å². The normalized spacial score (nSPS) is 9.09. The Morgan fingerprint density at radius 3 is 3.27 bits per heavy atom. The number of nitrogens with one attached hydrogen (secondary N) is 1. The van der Waals surface area contributed by atoms with Gasteiger partial charge in [-0.1, -0.05) is 6.08 Å². The smallest absolute Gasteiger partial charge is 0.191 e. The van der Waals surface area contributed by atoms with Gasteiger partial charge in [-0.25, -0.2) is 5.43 Å². The SMILES string of the molecule is C=CCN[N]c1ccnnn1. The molecule has 1 heterocycles. The van der Waals surface area contributed by atoms with Gasteiger partial charge in [0.2, 0.25) is 0 Å². The fourth-order valence-corrected chi connectivity index (χ4v) is 0.486. The van der Waals surface area contributed by atoms with E-state index in [1.54, 1.807) is 12.1 Å². The molecule has 5 nitrogen and oxygen atoms in total. The van der Waals surface area contributed by atoms with Gasteiger partial charge in [-0.3, -0.25) is 0 Å². The predicted octanol–water partition coefficient (Wildman–Crippen LogP) is -0.202. The summed E-state index contributed by atoms with van der Waals surface area (Å²) in [7, 11) is 0. The zero-order valence-corrected chi connectivity index (χ0v) is 5.94. The van der Waals surface area contributed by atoms with E-state index in [0.717, 1.165) is 0 Å². The van der Waals surface area contributed by atoms with Crippen LogP contribution in [-0.2, 0) is 0 Å². The van der Waals surface area contributed by atoms with Crippen molar-refractivity contribution in [1.29, 1.82) is 0 Å². The summed E-state index contributed by atoms with van der Waals surface area (Å²) in [6.07, 6.45) is 3.24. The molecule has 0 spiro atoms. The number of hydrogen-bond donors (Lipinski definition) is 1. The van der Waals surface area contributed by atoms with Crippen molar-refractivity contribution in [3.05, 3.63) is 24.9 Å². The summed E-state index contributed by atoms with van der Waals surface area (Å²) in [6, 6.07) is 1.66. The topological polar surface area (TPSA) is 64.8 Å². The van der Waals surface area contributed by atoms with E-state index in [4.69, 9.17) is 0 Å². The first-order chi connectivity index (χ1) is 5.43. The first-order valence-electron chi connectivity index (χ1n) is 3.12. The van der Waals surface area contributed by atoms with Crippen molar-refractivity contribution in [2.45, 2.75) is 0 Å². The molecule has 0 aliphatic rings. The number of aromatic nitrogens is 3. The molecule has 0 aromatic carbocycles. The predicted molar refractivity (Wildman–Crippen MR) is 39.8 cm³/mol. The maximum Gasteiger partial charge on any atom is 0.191 e. The third-order valence-corrected chi connectivity index (χ3v) is 0.918. The number of rotatable bonds is 4. The zero-order chi connectivity index (χ0) is 7.94. The van der Waals surface area contributed by atoms with E-state index in [1.807, 2.05) is 0 Å². The molecule has 57 valence electrons. The van der Waals surface area contributed by atoms with E-state index >= 15 is 0 Å². The molecule has 0 bridgehead atoms. The molecule has 1 aromatic heterocycles. The van der Waals surface area contributed by atoms with E-state index in [9.17, 15) is 0 Å². The summed E-state index contributed by atoms with van der Waals surface area (Å²) in [5.74, 6) is 0.516. The summed E-state index contributed by atoms with van der Waals surface area (Å²) >= 11 is 0. The molecule has 0 unspecified atom stereocenters. The fraction of sp³-hybridized carbons (Fsp3) is 0.167. The summed E-state index contributed by atoms with van der Waals surface area (Å²) in [5.41, 5.74) is 6.59. The van der Waals surface area contributed by atoms with Crippen molar-refractivity contribution in [2.24, 2.45) is 0 Å². The fourth-order valence-electron chi connectivity index (χ4n) is 0.486. The lowest BCUT2D eigenvalue weighted by atomic mass is 10.6. The van der Waals surface area contributed by atoms with Gasteiger partial charge in [-0.2, -0.15) is 5.43 Å². The molecule has 5 heteroatoms. The van der Waals surface area contributed by atoms with Gasteiger partial charge in [0, 0.05) is 12.6 Å². The molecule has 0 amide bonds. The maximum atomic E-state index is 3.86. The highest BCUT2D eigenvalue weighted by molar-refractivity contribution is 5.18. The second kappa shape index (κ2) is 4.35. The van der Waals surface area contributed by atoms with Crippen molar-refractivity contribution in [3.8, 4) is 0 Å². The van der Waals surface area contributed by atoms with E-state index in [2.05, 4.69) is 32.8 Å². The summed E-state index contributed by atoms with van der Waals surface area (Å²) in [5, 5.41) is 10.5. The van der Waals surface area contributed by atoms with E-state index in [-0.39, 0.29) is 0 Å². The largest absolute Gasteiger partial charge is 0.208 e. The molecule has 11 heavy (non-hydrogen) atoms. The molecule has 0 saturated heterocycles. The summed E-state index contributed by atoms with van der Waals surface area (Å²) < 4.78 is 0. The summed E-state index contributed by atoms with van der Waals surface area (Å²) in [6.45, 7) is 4.14. The molecule has 0 aliphatic carbocycles. The molecular formula is C6H8N5. The molecule has 1 radical (unpaired) electrons. The van der Waals surface area contributed by atoms with Gasteiger partial charge in [0.25, 0.3) is 0 Å². The molecule has 0 fully saturated rings. The van der Waals surface area contributed by atoms with Crippen LogP contribution in [0.15, 0.2) is 24.9 Å². The Morgan fingerprint density at radius 2 is 2.64 bits per heavy atom. The van der Waals surface area contributed by atoms with Crippen LogP contribution in [-0.4, -0.2) is 22.0 Å². The van der Waals surface area contributed by atoms with Gasteiger partial charge in [0.1, 0.15) is 0 Å². The molecule has 1 aromatic rings. The van der Waals surface area contributed by atoms with Gasteiger partial charge < -0.3 is 0 Å². The minimum Gasteiger partial charge on any atom is -0.208 e. The Labute approximate surface area is 64.5 Å². The Balaban J connectivity index is 2.33. The lowest BCUT2D eigenvalue weighted by molar-refractivity contribution is 0.650. The first kappa shape index (κ1) is 7.62. The Kier molecular flexibility index (Phi) is 3.01. The standard InChI is InChI=1S/C6H8N5/c1-2-4-7-9-6-3-5-8-11-10-6/h2-3,5,7H,1,4H2. The van der Waals surface area contributed by atoms with Crippen LogP contribution in [0, 0.1) is 0 Å². The van der Waals surface area contributed by atoms with Crippen LogP contribution in [0.4, 0.5) is 5.82 Å². The van der Waals surface area contributed by atoms with Crippen molar-refractivity contribution in [3.63, 3.8) is 0 Å². The lowest BCUT2D eigenvalue weighted by Crippen LogP contribution is -2.21. The van der Waals surface area contributed by atoms with Crippen LogP contribution in [0.3, 0.4) is 0 Å². The first-order valence-corrected chi connectivity index (χ1v) is 3.12. The molecule has 0 atom stereocenters. The van der Waals surface area contributed by atoms with Crippen LogP contribution in [0.5, 0.6) is 0 Å².